The molecule has 0 heterocycles. The quantitative estimate of drug-likeness (QED) is 0.286. The van der Waals surface area contributed by atoms with Gasteiger partial charge in [-0.3, -0.25) is 4.79 Å². The van der Waals surface area contributed by atoms with Gasteiger partial charge in [0, 0.05) is 5.69 Å². The number of amides is 1. The number of rotatable bonds is 8. The van der Waals surface area contributed by atoms with Crippen LogP contribution in [0.3, 0.4) is 0 Å². The summed E-state index contributed by atoms with van der Waals surface area (Å²) in [5, 5.41) is 2.84. The van der Waals surface area contributed by atoms with Crippen molar-refractivity contribution in [2.24, 2.45) is 0 Å². The molecule has 2 rings (SSSR count). The van der Waals surface area contributed by atoms with Crippen LogP contribution in [0.2, 0.25) is 5.02 Å². The van der Waals surface area contributed by atoms with E-state index in [2.05, 4.69) is 14.8 Å². The first-order chi connectivity index (χ1) is 14.8. The third-order valence-corrected chi connectivity index (χ3v) is 4.30. The predicted molar refractivity (Wildman–Crippen MR) is 115 cm³/mol. The Labute approximate surface area is 184 Å². The van der Waals surface area contributed by atoms with Crippen LogP contribution in [0.5, 0.6) is 11.5 Å². The number of halogens is 1. The summed E-state index contributed by atoms with van der Waals surface area (Å²) in [5.41, 5.74) is 1.69. The Kier molecular flexibility index (Phi) is 8.45. The van der Waals surface area contributed by atoms with Gasteiger partial charge in [0.2, 0.25) is 0 Å². The smallest absolute Gasteiger partial charge is 0.345 e. The molecule has 1 N–H and O–H groups in total. The number of carbonyl (C=O) groups excluding carboxylic acids is 3. The van der Waals surface area contributed by atoms with E-state index < -0.39 is 11.9 Å². The van der Waals surface area contributed by atoms with E-state index in [9.17, 15) is 14.4 Å². The van der Waals surface area contributed by atoms with Gasteiger partial charge in [0.05, 0.1) is 26.4 Å². The number of benzene rings is 2. The Balaban J connectivity index is 2.22. The van der Waals surface area contributed by atoms with Gasteiger partial charge in [0.1, 0.15) is 5.57 Å². The molecular formula is C22H22ClNO7. The zero-order valence-electron chi connectivity index (χ0n) is 17.5. The molecule has 2 aromatic rings. The fourth-order valence-corrected chi connectivity index (χ4v) is 2.88. The standard InChI is InChI=1S/C22H22ClNO7/c1-13-6-5-7-15(8-13)24-19(25)12-31-20-17(23)10-14(11-18(20)28-2)9-16(21(26)29-3)22(27)30-4/h5-11H,12H2,1-4H3,(H,24,25). The number of hydrogen-bond donors (Lipinski definition) is 1. The molecule has 0 unspecified atom stereocenters. The van der Waals surface area contributed by atoms with E-state index >= 15 is 0 Å². The Morgan fingerprint density at radius 2 is 1.71 bits per heavy atom. The molecule has 0 fully saturated rings. The first-order valence-electron chi connectivity index (χ1n) is 9.04. The SMILES string of the molecule is COC(=O)C(=Cc1cc(Cl)c(OCC(=O)Nc2cccc(C)c2)c(OC)c1)C(=O)OC. The van der Waals surface area contributed by atoms with Crippen LogP contribution in [-0.4, -0.2) is 45.8 Å². The highest BCUT2D eigenvalue weighted by atomic mass is 35.5. The van der Waals surface area contributed by atoms with E-state index in [-0.39, 0.29) is 34.6 Å². The first-order valence-corrected chi connectivity index (χ1v) is 9.42. The monoisotopic (exact) mass is 447 g/mol. The summed E-state index contributed by atoms with van der Waals surface area (Å²) in [7, 11) is 3.68. The van der Waals surface area contributed by atoms with Crippen molar-refractivity contribution in [2.75, 3.05) is 33.3 Å². The van der Waals surface area contributed by atoms with Gasteiger partial charge in [-0.1, -0.05) is 23.7 Å². The van der Waals surface area contributed by atoms with Crippen molar-refractivity contribution in [1.82, 2.24) is 0 Å². The molecule has 0 radical (unpaired) electrons. The summed E-state index contributed by atoms with van der Waals surface area (Å²) in [6.45, 7) is 1.60. The van der Waals surface area contributed by atoms with Gasteiger partial charge in [-0.05, 0) is 48.4 Å². The molecule has 0 saturated heterocycles. The van der Waals surface area contributed by atoms with Gasteiger partial charge < -0.3 is 24.3 Å². The average Bonchev–Trinajstić information content (AvgIpc) is 2.75. The van der Waals surface area contributed by atoms with E-state index in [4.69, 9.17) is 21.1 Å². The van der Waals surface area contributed by atoms with Gasteiger partial charge in [-0.2, -0.15) is 0 Å². The summed E-state index contributed by atoms with van der Waals surface area (Å²) in [5.74, 6) is -1.77. The van der Waals surface area contributed by atoms with Crippen molar-refractivity contribution in [1.29, 1.82) is 0 Å². The average molecular weight is 448 g/mol. The molecule has 0 atom stereocenters. The molecule has 164 valence electrons. The van der Waals surface area contributed by atoms with E-state index in [1.807, 2.05) is 25.1 Å². The van der Waals surface area contributed by atoms with Crippen molar-refractivity contribution in [3.8, 4) is 11.5 Å². The summed E-state index contributed by atoms with van der Waals surface area (Å²) in [6, 6.07) is 10.3. The number of methoxy groups -OCH3 is 3. The van der Waals surface area contributed by atoms with Crippen LogP contribution in [0, 0.1) is 6.92 Å². The molecule has 1 amide bonds. The number of aryl methyl sites for hydroxylation is 1. The first kappa shape index (κ1) is 23.8. The second kappa shape index (κ2) is 11.0. The maximum Gasteiger partial charge on any atom is 0.345 e. The maximum atomic E-state index is 12.2. The van der Waals surface area contributed by atoms with Crippen molar-refractivity contribution in [3.63, 3.8) is 0 Å². The van der Waals surface area contributed by atoms with Crippen LogP contribution >= 0.6 is 11.6 Å². The Bertz CT molecular complexity index is 999. The number of anilines is 1. The zero-order valence-corrected chi connectivity index (χ0v) is 18.2. The fourth-order valence-electron chi connectivity index (χ4n) is 2.61. The Morgan fingerprint density at radius 1 is 1.03 bits per heavy atom. The summed E-state index contributed by atoms with van der Waals surface area (Å²) >= 11 is 6.29. The lowest BCUT2D eigenvalue weighted by molar-refractivity contribution is -0.143. The maximum absolute atomic E-state index is 12.2. The van der Waals surface area contributed by atoms with E-state index in [0.29, 0.717) is 11.3 Å². The highest BCUT2D eigenvalue weighted by molar-refractivity contribution is 6.32. The third-order valence-electron chi connectivity index (χ3n) is 4.02. The summed E-state index contributed by atoms with van der Waals surface area (Å²) in [6.07, 6.45) is 1.25. The molecule has 0 aliphatic rings. The van der Waals surface area contributed by atoms with Gasteiger partial charge in [-0.15, -0.1) is 0 Å². The Morgan fingerprint density at radius 3 is 2.29 bits per heavy atom. The zero-order chi connectivity index (χ0) is 23.0. The van der Waals surface area contributed by atoms with Crippen molar-refractivity contribution in [2.45, 2.75) is 6.92 Å². The topological polar surface area (TPSA) is 100 Å². The van der Waals surface area contributed by atoms with Crippen LogP contribution in [0.15, 0.2) is 42.0 Å². The van der Waals surface area contributed by atoms with Crippen molar-refractivity contribution < 1.29 is 33.3 Å². The molecule has 0 spiro atoms. The molecule has 8 nitrogen and oxygen atoms in total. The highest BCUT2D eigenvalue weighted by Gasteiger charge is 2.21. The van der Waals surface area contributed by atoms with Crippen LogP contribution < -0.4 is 14.8 Å². The van der Waals surface area contributed by atoms with Gasteiger partial charge in [0.25, 0.3) is 5.91 Å². The van der Waals surface area contributed by atoms with Gasteiger partial charge >= 0.3 is 11.9 Å². The molecule has 0 saturated carbocycles. The number of ether oxygens (including phenoxy) is 4. The molecular weight excluding hydrogens is 426 g/mol. The number of esters is 2. The molecule has 0 bridgehead atoms. The summed E-state index contributed by atoms with van der Waals surface area (Å²) in [4.78, 5) is 35.9. The highest BCUT2D eigenvalue weighted by Crippen LogP contribution is 2.37. The lowest BCUT2D eigenvalue weighted by Crippen LogP contribution is -2.20. The molecule has 9 heteroatoms. The van der Waals surface area contributed by atoms with Crippen LogP contribution in [0.1, 0.15) is 11.1 Å². The van der Waals surface area contributed by atoms with E-state index in [1.165, 1.54) is 25.3 Å². The number of carbonyl (C=O) groups is 3. The Hall–Kier alpha value is -3.52. The van der Waals surface area contributed by atoms with E-state index in [1.54, 1.807) is 6.07 Å². The largest absolute Gasteiger partial charge is 0.493 e. The summed E-state index contributed by atoms with van der Waals surface area (Å²) < 4.78 is 20.0. The second-order valence-corrected chi connectivity index (χ2v) is 6.69. The predicted octanol–water partition coefficient (Wildman–Crippen LogP) is 3.40. The normalized spacial score (nSPS) is 9.97. The lowest BCUT2D eigenvalue weighted by Gasteiger charge is -2.14. The second-order valence-electron chi connectivity index (χ2n) is 6.28. The third kappa shape index (κ3) is 6.48. The minimum absolute atomic E-state index is 0.114. The molecule has 0 aliphatic heterocycles. The molecule has 2 aromatic carbocycles. The van der Waals surface area contributed by atoms with Gasteiger partial charge in [-0.25, -0.2) is 9.59 Å². The van der Waals surface area contributed by atoms with Crippen LogP contribution in [0.4, 0.5) is 5.69 Å². The van der Waals surface area contributed by atoms with Crippen LogP contribution in [0.25, 0.3) is 6.08 Å². The van der Waals surface area contributed by atoms with Crippen LogP contribution in [-0.2, 0) is 23.9 Å². The van der Waals surface area contributed by atoms with Gasteiger partial charge in [0.15, 0.2) is 18.1 Å². The number of nitrogens with one attached hydrogen (secondary N) is 1. The van der Waals surface area contributed by atoms with E-state index in [0.717, 1.165) is 19.8 Å². The minimum atomic E-state index is -0.866. The molecule has 0 aromatic heterocycles. The minimum Gasteiger partial charge on any atom is -0.493 e. The molecule has 0 aliphatic carbocycles. The molecule has 31 heavy (non-hydrogen) atoms. The number of hydrogen-bond acceptors (Lipinski definition) is 7. The lowest BCUT2D eigenvalue weighted by atomic mass is 10.1. The van der Waals surface area contributed by atoms with Crippen molar-refractivity contribution >= 4 is 41.2 Å². The fraction of sp³-hybridized carbons (Fsp3) is 0.227. The van der Waals surface area contributed by atoms with Crippen molar-refractivity contribution in [3.05, 3.63) is 58.1 Å².